The summed E-state index contributed by atoms with van der Waals surface area (Å²) in [6, 6.07) is 15.0. The van der Waals surface area contributed by atoms with Gasteiger partial charge in [0.1, 0.15) is 11.5 Å². The topological polar surface area (TPSA) is 142 Å². The molecule has 2 aromatic heterocycles. The second-order valence-corrected chi connectivity index (χ2v) is 6.73. The van der Waals surface area contributed by atoms with Gasteiger partial charge in [0, 0.05) is 39.9 Å². The van der Waals surface area contributed by atoms with Crippen LogP contribution in [0.1, 0.15) is 5.56 Å². The number of anilines is 5. The summed E-state index contributed by atoms with van der Waals surface area (Å²) in [5.41, 5.74) is 9.44. The number of fused-ring (bicyclic) bond motifs is 1. The summed E-state index contributed by atoms with van der Waals surface area (Å²) in [5, 5.41) is 20.4. The van der Waals surface area contributed by atoms with Crippen LogP contribution in [0.2, 0.25) is 0 Å². The minimum Gasteiger partial charge on any atom is -0.398 e. The van der Waals surface area contributed by atoms with E-state index in [1.807, 2.05) is 42.6 Å². The van der Waals surface area contributed by atoms with E-state index in [-0.39, 0.29) is 0 Å². The van der Waals surface area contributed by atoms with Crippen LogP contribution in [0.3, 0.4) is 0 Å². The summed E-state index contributed by atoms with van der Waals surface area (Å²) in [7, 11) is 0. The molecule has 0 unspecified atom stereocenters. The van der Waals surface area contributed by atoms with Crippen molar-refractivity contribution in [3.8, 4) is 0 Å². The van der Waals surface area contributed by atoms with Crippen molar-refractivity contribution in [2.45, 2.75) is 4.90 Å². The van der Waals surface area contributed by atoms with Gasteiger partial charge in [-0.1, -0.05) is 6.07 Å². The highest BCUT2D eigenvalue weighted by molar-refractivity contribution is 7.97. The molecule has 0 radical (unpaired) electrons. The number of nitrogens with two attached hydrogens (primary N) is 2. The van der Waals surface area contributed by atoms with Crippen molar-refractivity contribution >= 4 is 58.0 Å². The number of rotatable bonds is 6. The van der Waals surface area contributed by atoms with E-state index in [4.69, 9.17) is 16.3 Å². The number of aromatic nitrogens is 3. The molecule has 8 N–H and O–H groups in total. The lowest BCUT2D eigenvalue weighted by molar-refractivity contribution is 1.19. The molecule has 8 nitrogen and oxygen atoms in total. The molecule has 28 heavy (non-hydrogen) atoms. The molecule has 140 valence electrons. The molecule has 0 spiro atoms. The van der Waals surface area contributed by atoms with Gasteiger partial charge in [-0.25, -0.2) is 0 Å². The molecule has 0 atom stereocenters. The average molecular weight is 390 g/mol. The van der Waals surface area contributed by atoms with Crippen molar-refractivity contribution in [1.82, 2.24) is 15.0 Å². The Morgan fingerprint density at radius 1 is 1.04 bits per heavy atom. The molecule has 4 rings (SSSR count). The number of nitrogen functional groups attached to an aromatic ring is 1. The zero-order chi connectivity index (χ0) is 19.5. The third-order valence-corrected chi connectivity index (χ3v) is 4.67. The predicted octanol–water partition coefficient (Wildman–Crippen LogP) is 3.99. The minimum absolute atomic E-state index is 0.420. The van der Waals surface area contributed by atoms with Gasteiger partial charge in [-0.3, -0.25) is 5.14 Å². The molecule has 2 aromatic carbocycles. The van der Waals surface area contributed by atoms with Crippen LogP contribution in [-0.2, 0) is 0 Å². The van der Waals surface area contributed by atoms with Crippen molar-refractivity contribution < 1.29 is 0 Å². The maximum Gasteiger partial charge on any atom is 0.231 e. The van der Waals surface area contributed by atoms with Gasteiger partial charge in [0.15, 0.2) is 0 Å². The van der Waals surface area contributed by atoms with Crippen LogP contribution >= 0.6 is 11.9 Å². The fraction of sp³-hybridized carbons (Fsp3) is 0. The lowest BCUT2D eigenvalue weighted by Crippen LogP contribution is -2.03. The van der Waals surface area contributed by atoms with Crippen LogP contribution in [0.15, 0.2) is 59.6 Å². The zero-order valence-electron chi connectivity index (χ0n) is 14.7. The molecule has 0 aliphatic carbocycles. The Morgan fingerprint density at radius 3 is 2.68 bits per heavy atom. The van der Waals surface area contributed by atoms with Gasteiger partial charge in [0.25, 0.3) is 0 Å². The summed E-state index contributed by atoms with van der Waals surface area (Å²) in [6.45, 7) is 0. The molecule has 4 aromatic rings. The van der Waals surface area contributed by atoms with Gasteiger partial charge in [-0.05, 0) is 54.4 Å². The highest BCUT2D eigenvalue weighted by Crippen LogP contribution is 2.27. The maximum absolute atomic E-state index is 7.34. The van der Waals surface area contributed by atoms with Gasteiger partial charge in [0.05, 0.1) is 5.39 Å². The minimum atomic E-state index is 0.420. The van der Waals surface area contributed by atoms with Crippen molar-refractivity contribution in [3.05, 3.63) is 60.3 Å². The Balaban J connectivity index is 1.68. The van der Waals surface area contributed by atoms with E-state index in [1.165, 1.54) is 18.2 Å². The molecule has 0 aliphatic heterocycles. The smallest absolute Gasteiger partial charge is 0.231 e. The average Bonchev–Trinajstić information content (AvgIpc) is 3.17. The molecule has 0 fully saturated rings. The molecule has 9 heteroatoms. The lowest BCUT2D eigenvalue weighted by Gasteiger charge is -2.11. The summed E-state index contributed by atoms with van der Waals surface area (Å²) in [6.07, 6.45) is 3.04. The molecule has 0 aliphatic rings. The fourth-order valence-electron chi connectivity index (χ4n) is 2.79. The van der Waals surface area contributed by atoms with Crippen LogP contribution in [0.5, 0.6) is 0 Å². The number of H-pyrrole nitrogens is 1. The molecular weight excluding hydrogens is 372 g/mol. The van der Waals surface area contributed by atoms with E-state index in [1.54, 1.807) is 12.1 Å². The monoisotopic (exact) mass is 390 g/mol. The normalized spacial score (nSPS) is 10.8. The molecule has 0 saturated carbocycles. The predicted molar refractivity (Wildman–Crippen MR) is 116 cm³/mol. The molecule has 0 amide bonds. The van der Waals surface area contributed by atoms with E-state index in [0.717, 1.165) is 21.7 Å². The van der Waals surface area contributed by atoms with E-state index >= 15 is 0 Å². The highest BCUT2D eigenvalue weighted by atomic mass is 32.2. The third-order valence-electron chi connectivity index (χ3n) is 4.15. The van der Waals surface area contributed by atoms with Crippen molar-refractivity contribution in [3.63, 3.8) is 0 Å². The van der Waals surface area contributed by atoms with Crippen molar-refractivity contribution in [1.29, 1.82) is 5.41 Å². The quantitative estimate of drug-likeness (QED) is 0.166. The van der Waals surface area contributed by atoms with Crippen LogP contribution in [0, 0.1) is 5.41 Å². The molecule has 2 heterocycles. The second-order valence-electron chi connectivity index (χ2n) is 6.02. The number of aromatic amines is 1. The van der Waals surface area contributed by atoms with E-state index in [9.17, 15) is 0 Å². The van der Waals surface area contributed by atoms with Gasteiger partial charge in [-0.15, -0.1) is 0 Å². The third kappa shape index (κ3) is 3.61. The zero-order valence-corrected chi connectivity index (χ0v) is 15.5. The SMILES string of the molecule is N=Cc1ccc(Nc2nc(Nc3cccc(SN)c3)c3cc[nH]c3n2)cc1N. The summed E-state index contributed by atoms with van der Waals surface area (Å²) < 4.78 is 0. The fourth-order valence-corrected chi connectivity index (χ4v) is 3.14. The number of nitrogens with zero attached hydrogens (tertiary/aromatic N) is 2. The highest BCUT2D eigenvalue weighted by Gasteiger charge is 2.10. The van der Waals surface area contributed by atoms with Gasteiger partial charge in [-0.2, -0.15) is 9.97 Å². The van der Waals surface area contributed by atoms with Crippen molar-refractivity contribution in [2.75, 3.05) is 16.4 Å². The van der Waals surface area contributed by atoms with Crippen LogP contribution in [0.25, 0.3) is 11.0 Å². The van der Waals surface area contributed by atoms with Gasteiger partial charge < -0.3 is 26.8 Å². The summed E-state index contributed by atoms with van der Waals surface area (Å²) >= 11 is 1.19. The summed E-state index contributed by atoms with van der Waals surface area (Å²) in [4.78, 5) is 13.2. The first-order chi connectivity index (χ1) is 13.7. The lowest BCUT2D eigenvalue weighted by atomic mass is 10.2. The number of hydrogen-bond acceptors (Lipinski definition) is 8. The van der Waals surface area contributed by atoms with Crippen LogP contribution in [-0.4, -0.2) is 21.2 Å². The Labute approximate surface area is 165 Å². The Kier molecular flexibility index (Phi) is 4.83. The summed E-state index contributed by atoms with van der Waals surface area (Å²) in [5.74, 6) is 1.08. The largest absolute Gasteiger partial charge is 0.398 e. The first-order valence-corrected chi connectivity index (χ1v) is 9.30. The first kappa shape index (κ1) is 17.8. The van der Waals surface area contributed by atoms with Crippen LogP contribution in [0.4, 0.5) is 28.8 Å². The standard InChI is InChI=1S/C19H18N8S/c20-10-11-4-5-13(9-16(11)21)25-19-26-17-15(6-7-23-17)18(27-19)24-12-2-1-3-14(8-12)28-22/h1-10,20H,21-22H2,(H3,23,24,25,26,27). The van der Waals surface area contributed by atoms with Crippen LogP contribution < -0.4 is 21.5 Å². The second kappa shape index (κ2) is 7.59. The first-order valence-electron chi connectivity index (χ1n) is 8.42. The number of hydrogen-bond donors (Lipinski definition) is 6. The molecule has 0 saturated heterocycles. The molecular formula is C19H18N8S. The number of nitrogens with one attached hydrogen (secondary N) is 4. The van der Waals surface area contributed by atoms with E-state index in [2.05, 4.69) is 25.6 Å². The van der Waals surface area contributed by atoms with Gasteiger partial charge in [0.2, 0.25) is 5.95 Å². The Morgan fingerprint density at radius 2 is 1.89 bits per heavy atom. The maximum atomic E-state index is 7.34. The van der Waals surface area contributed by atoms with E-state index < -0.39 is 0 Å². The molecule has 0 bridgehead atoms. The van der Waals surface area contributed by atoms with E-state index in [0.29, 0.717) is 28.7 Å². The Bertz CT molecular complexity index is 1150. The van der Waals surface area contributed by atoms with Crippen molar-refractivity contribution in [2.24, 2.45) is 5.14 Å². The van der Waals surface area contributed by atoms with Gasteiger partial charge >= 0.3 is 0 Å². The number of benzene rings is 2. The Hall–Kier alpha value is -3.56.